The first kappa shape index (κ1) is 13.5. The number of carbonyl (C=O) groups is 2. The normalized spacial score (nSPS) is 9.39. The van der Waals surface area contributed by atoms with Crippen molar-refractivity contribution in [1.82, 2.24) is 0 Å². The van der Waals surface area contributed by atoms with Gasteiger partial charge in [0.05, 0.1) is 5.56 Å². The third kappa shape index (κ3) is 2.77. The molecule has 18 heavy (non-hydrogen) atoms. The number of ketones is 1. The van der Waals surface area contributed by atoms with Crippen molar-refractivity contribution in [1.29, 1.82) is 5.26 Å². The van der Waals surface area contributed by atoms with E-state index in [1.165, 1.54) is 19.9 Å². The first-order chi connectivity index (χ1) is 8.51. The van der Waals surface area contributed by atoms with Crippen molar-refractivity contribution in [2.75, 3.05) is 11.9 Å². The zero-order valence-corrected chi connectivity index (χ0v) is 10.1. The Morgan fingerprint density at radius 2 is 2.28 bits per heavy atom. The van der Waals surface area contributed by atoms with Crippen molar-refractivity contribution in [2.24, 2.45) is 0 Å². The predicted octanol–water partition coefficient (Wildman–Crippen LogP) is 2.40. The van der Waals surface area contributed by atoms with Gasteiger partial charge in [-0.05, 0) is 13.8 Å². The number of anilines is 1. The topological polar surface area (TPSA) is 92.3 Å². The molecule has 0 unspecified atom stereocenters. The number of hydrogen-bond donors (Lipinski definition) is 1. The average molecular weight is 248 g/mol. The molecule has 1 N–H and O–H groups in total. The second kappa shape index (κ2) is 5.68. The van der Waals surface area contributed by atoms with Gasteiger partial charge in [0, 0.05) is 0 Å². The van der Waals surface area contributed by atoms with Crippen LogP contribution in [0, 0.1) is 18.3 Å². The molecule has 0 spiro atoms. The van der Waals surface area contributed by atoms with Gasteiger partial charge in [-0.1, -0.05) is 12.7 Å². The van der Waals surface area contributed by atoms with Crippen molar-refractivity contribution >= 4 is 17.8 Å². The molecule has 0 aliphatic carbocycles. The molecule has 6 heteroatoms. The van der Waals surface area contributed by atoms with Crippen molar-refractivity contribution in [3.05, 3.63) is 29.5 Å². The number of nitrogens with zero attached hydrogens (tertiary/aromatic N) is 1. The van der Waals surface area contributed by atoms with Crippen LogP contribution in [-0.4, -0.2) is 18.5 Å². The molecule has 0 saturated carbocycles. The second-order valence-corrected chi connectivity index (χ2v) is 3.42. The summed E-state index contributed by atoms with van der Waals surface area (Å²) in [5.41, 5.74) is 0.159. The van der Waals surface area contributed by atoms with Crippen LogP contribution in [0.2, 0.25) is 0 Å². The van der Waals surface area contributed by atoms with Gasteiger partial charge in [0.2, 0.25) is 5.88 Å². The maximum Gasteiger partial charge on any atom is 0.414 e. The smallest absolute Gasteiger partial charge is 0.414 e. The van der Waals surface area contributed by atoms with Crippen LogP contribution in [0.3, 0.4) is 0 Å². The Labute approximate surface area is 104 Å². The standard InChI is InChI=1S/C12H12N2O4/c1-4-5-17-12(16)14-11-9(6-13)10(7(2)15)8(3)18-11/h4H,1,5H2,2-3H3,(H,14,16). The zero-order valence-electron chi connectivity index (χ0n) is 10.1. The maximum atomic E-state index is 11.3. The van der Waals surface area contributed by atoms with E-state index in [0.717, 1.165) is 0 Å². The minimum Gasteiger partial charge on any atom is -0.445 e. The van der Waals surface area contributed by atoms with Crippen molar-refractivity contribution in [3.8, 4) is 6.07 Å². The van der Waals surface area contributed by atoms with Crippen LogP contribution in [0.25, 0.3) is 0 Å². The number of nitriles is 1. The fourth-order valence-corrected chi connectivity index (χ4v) is 1.43. The van der Waals surface area contributed by atoms with Crippen LogP contribution < -0.4 is 5.32 Å². The first-order valence-corrected chi connectivity index (χ1v) is 5.10. The van der Waals surface area contributed by atoms with Gasteiger partial charge in [-0.15, -0.1) is 0 Å². The molecule has 0 aromatic carbocycles. The fourth-order valence-electron chi connectivity index (χ4n) is 1.43. The molecule has 0 radical (unpaired) electrons. The number of Topliss-reactive ketones (excluding diaryl/α,β-unsaturated/α-hetero) is 1. The summed E-state index contributed by atoms with van der Waals surface area (Å²) in [5.74, 6) is -0.118. The Morgan fingerprint density at radius 3 is 2.78 bits per heavy atom. The Bertz CT molecular complexity index is 537. The van der Waals surface area contributed by atoms with Gasteiger partial charge in [-0.2, -0.15) is 5.26 Å². The van der Waals surface area contributed by atoms with E-state index in [-0.39, 0.29) is 35.2 Å². The molecule has 1 aromatic heterocycles. The lowest BCUT2D eigenvalue weighted by atomic mass is 10.1. The largest absolute Gasteiger partial charge is 0.445 e. The number of aryl methyl sites for hydroxylation is 1. The molecule has 0 atom stereocenters. The summed E-state index contributed by atoms with van der Waals surface area (Å²) in [5, 5.41) is 11.2. The lowest BCUT2D eigenvalue weighted by molar-refractivity contribution is 0.101. The molecule has 1 heterocycles. The van der Waals surface area contributed by atoms with Crippen LogP contribution in [0.4, 0.5) is 10.7 Å². The average Bonchev–Trinajstić information content (AvgIpc) is 2.62. The SMILES string of the molecule is C=CCOC(=O)Nc1oc(C)c(C(C)=O)c1C#N. The first-order valence-electron chi connectivity index (χ1n) is 5.10. The van der Waals surface area contributed by atoms with Crippen LogP contribution in [0.5, 0.6) is 0 Å². The predicted molar refractivity (Wildman–Crippen MR) is 63.3 cm³/mol. The summed E-state index contributed by atoms with van der Waals surface area (Å²) in [4.78, 5) is 22.6. The summed E-state index contributed by atoms with van der Waals surface area (Å²) < 4.78 is 9.85. The third-order valence-corrected chi connectivity index (χ3v) is 2.10. The summed E-state index contributed by atoms with van der Waals surface area (Å²) in [6, 6.07) is 1.82. The monoisotopic (exact) mass is 248 g/mol. The van der Waals surface area contributed by atoms with Gasteiger partial charge in [0.1, 0.15) is 24.0 Å². The van der Waals surface area contributed by atoms with Crippen molar-refractivity contribution in [3.63, 3.8) is 0 Å². The zero-order chi connectivity index (χ0) is 13.7. The molecule has 0 saturated heterocycles. The molecular weight excluding hydrogens is 236 g/mol. The van der Waals surface area contributed by atoms with Crippen molar-refractivity contribution in [2.45, 2.75) is 13.8 Å². The van der Waals surface area contributed by atoms with Gasteiger partial charge in [-0.25, -0.2) is 4.79 Å². The minimum absolute atomic E-state index is 0.00412. The number of ether oxygens (including phenoxy) is 1. The lowest BCUT2D eigenvalue weighted by Gasteiger charge is -2.02. The van der Waals surface area contributed by atoms with Gasteiger partial charge in [0.15, 0.2) is 5.78 Å². The molecular formula is C12H12N2O4. The summed E-state index contributed by atoms with van der Waals surface area (Å²) in [6.45, 7) is 6.28. The minimum atomic E-state index is -0.782. The van der Waals surface area contributed by atoms with E-state index in [1.54, 1.807) is 0 Å². The Balaban J connectivity index is 3.01. The van der Waals surface area contributed by atoms with Gasteiger partial charge >= 0.3 is 6.09 Å². The van der Waals surface area contributed by atoms with Crippen LogP contribution in [-0.2, 0) is 4.74 Å². The Hall–Kier alpha value is -2.55. The van der Waals surface area contributed by atoms with E-state index in [1.807, 2.05) is 6.07 Å². The number of furan rings is 1. The van der Waals surface area contributed by atoms with Crippen LogP contribution in [0.15, 0.2) is 17.1 Å². The summed E-state index contributed by atoms with van der Waals surface area (Å²) in [7, 11) is 0. The van der Waals surface area contributed by atoms with Gasteiger partial charge in [0.25, 0.3) is 0 Å². The number of carbonyl (C=O) groups excluding carboxylic acids is 2. The number of rotatable bonds is 4. The second-order valence-electron chi connectivity index (χ2n) is 3.42. The molecule has 1 aromatic rings. The number of hydrogen-bond acceptors (Lipinski definition) is 5. The molecule has 94 valence electrons. The van der Waals surface area contributed by atoms with Crippen LogP contribution in [0.1, 0.15) is 28.6 Å². The highest BCUT2D eigenvalue weighted by Gasteiger charge is 2.22. The maximum absolute atomic E-state index is 11.3. The molecule has 0 bridgehead atoms. The molecule has 0 aliphatic heterocycles. The van der Waals surface area contributed by atoms with Gasteiger partial charge < -0.3 is 9.15 Å². The van der Waals surface area contributed by atoms with E-state index in [2.05, 4.69) is 16.6 Å². The number of nitrogens with one attached hydrogen (secondary N) is 1. The molecule has 6 nitrogen and oxygen atoms in total. The van der Waals surface area contributed by atoms with E-state index in [4.69, 9.17) is 9.68 Å². The fraction of sp³-hybridized carbons (Fsp3) is 0.250. The van der Waals surface area contributed by atoms with E-state index < -0.39 is 6.09 Å². The Kier molecular flexibility index (Phi) is 4.27. The summed E-state index contributed by atoms with van der Waals surface area (Å²) in [6.07, 6.45) is 0.620. The highest BCUT2D eigenvalue weighted by molar-refractivity contribution is 6.00. The van der Waals surface area contributed by atoms with Crippen LogP contribution >= 0.6 is 0 Å². The van der Waals surface area contributed by atoms with E-state index in [0.29, 0.717) is 0 Å². The molecule has 0 fully saturated rings. The van der Waals surface area contributed by atoms with E-state index in [9.17, 15) is 9.59 Å². The molecule has 1 rings (SSSR count). The molecule has 1 amide bonds. The Morgan fingerprint density at radius 1 is 1.61 bits per heavy atom. The quantitative estimate of drug-likeness (QED) is 0.652. The number of amides is 1. The third-order valence-electron chi connectivity index (χ3n) is 2.10. The van der Waals surface area contributed by atoms with E-state index >= 15 is 0 Å². The molecule has 0 aliphatic rings. The lowest BCUT2D eigenvalue weighted by Crippen LogP contribution is -2.14. The highest BCUT2D eigenvalue weighted by atomic mass is 16.5. The van der Waals surface area contributed by atoms with Crippen molar-refractivity contribution < 1.29 is 18.7 Å². The summed E-state index contributed by atoms with van der Waals surface area (Å²) >= 11 is 0. The van der Waals surface area contributed by atoms with Gasteiger partial charge in [-0.3, -0.25) is 10.1 Å². The highest BCUT2D eigenvalue weighted by Crippen LogP contribution is 2.26.